The van der Waals surface area contributed by atoms with Crippen LogP contribution in [0.5, 0.6) is 0 Å². The SMILES string of the molecule is O=C(c1cccc2oc(=O)[nH]c12)N1CC2(CCCC2)c2c(F)cccc21. The molecule has 2 aromatic carbocycles. The molecule has 1 saturated carbocycles. The lowest BCUT2D eigenvalue weighted by atomic mass is 9.80. The lowest BCUT2D eigenvalue weighted by molar-refractivity contribution is 0.0986. The number of nitrogens with one attached hydrogen (secondary N) is 1. The minimum absolute atomic E-state index is 0.241. The predicted octanol–water partition coefficient (Wildman–Crippen LogP) is 3.73. The van der Waals surface area contributed by atoms with Crippen LogP contribution in [0.15, 0.2) is 45.6 Å². The normalized spacial score (nSPS) is 18.0. The van der Waals surface area contributed by atoms with Crippen molar-refractivity contribution in [3.8, 4) is 0 Å². The Labute approximate surface area is 148 Å². The first-order valence-electron chi connectivity index (χ1n) is 8.82. The number of nitrogens with zero attached hydrogens (tertiary/aromatic N) is 1. The number of carbonyl (C=O) groups excluding carboxylic acids is 1. The van der Waals surface area contributed by atoms with Gasteiger partial charge in [-0.25, -0.2) is 9.18 Å². The number of rotatable bonds is 1. The minimum Gasteiger partial charge on any atom is -0.408 e. The first-order chi connectivity index (χ1) is 12.6. The topological polar surface area (TPSA) is 66.3 Å². The molecule has 5 rings (SSSR count). The number of carbonyl (C=O) groups is 1. The summed E-state index contributed by atoms with van der Waals surface area (Å²) in [6.45, 7) is 0.473. The van der Waals surface area contributed by atoms with E-state index < -0.39 is 5.76 Å². The van der Waals surface area contributed by atoms with E-state index in [1.165, 1.54) is 6.07 Å². The van der Waals surface area contributed by atoms with Gasteiger partial charge in [0, 0.05) is 17.5 Å². The van der Waals surface area contributed by atoms with Crippen LogP contribution in [0.1, 0.15) is 41.6 Å². The van der Waals surface area contributed by atoms with Gasteiger partial charge in [0.05, 0.1) is 16.8 Å². The Morgan fingerprint density at radius 1 is 1.15 bits per heavy atom. The van der Waals surface area contributed by atoms with Gasteiger partial charge in [0.2, 0.25) is 0 Å². The van der Waals surface area contributed by atoms with Gasteiger partial charge in [-0.2, -0.15) is 0 Å². The molecule has 1 amide bonds. The summed E-state index contributed by atoms with van der Waals surface area (Å²) in [5, 5.41) is 0. The third-order valence-electron chi connectivity index (χ3n) is 5.77. The van der Waals surface area contributed by atoms with Crippen molar-refractivity contribution in [1.82, 2.24) is 4.98 Å². The number of anilines is 1. The summed E-state index contributed by atoms with van der Waals surface area (Å²) in [6, 6.07) is 9.90. The molecule has 0 saturated heterocycles. The van der Waals surface area contributed by atoms with Gasteiger partial charge in [0.25, 0.3) is 5.91 Å². The molecule has 5 nitrogen and oxygen atoms in total. The molecule has 2 heterocycles. The number of halogens is 1. The third-order valence-corrected chi connectivity index (χ3v) is 5.77. The second-order valence-electron chi connectivity index (χ2n) is 7.21. The van der Waals surface area contributed by atoms with Crippen LogP contribution >= 0.6 is 0 Å². The van der Waals surface area contributed by atoms with Gasteiger partial charge in [0.1, 0.15) is 5.82 Å². The summed E-state index contributed by atoms with van der Waals surface area (Å²) in [4.78, 5) is 29.1. The Morgan fingerprint density at radius 2 is 1.92 bits per heavy atom. The highest BCUT2D eigenvalue weighted by Crippen LogP contribution is 2.51. The third kappa shape index (κ3) is 2.01. The van der Waals surface area contributed by atoms with Crippen molar-refractivity contribution in [2.75, 3.05) is 11.4 Å². The van der Waals surface area contributed by atoms with Gasteiger partial charge in [-0.05, 0) is 37.1 Å². The first kappa shape index (κ1) is 15.4. The summed E-state index contributed by atoms with van der Waals surface area (Å²) >= 11 is 0. The molecule has 1 N–H and O–H groups in total. The zero-order valence-electron chi connectivity index (χ0n) is 14.0. The van der Waals surface area contributed by atoms with Crippen molar-refractivity contribution < 1.29 is 13.6 Å². The van der Waals surface area contributed by atoms with E-state index in [9.17, 15) is 14.0 Å². The van der Waals surface area contributed by atoms with Gasteiger partial charge < -0.3 is 9.32 Å². The Hall–Kier alpha value is -2.89. The number of aromatic nitrogens is 1. The molecule has 0 radical (unpaired) electrons. The predicted molar refractivity (Wildman–Crippen MR) is 95.1 cm³/mol. The first-order valence-corrected chi connectivity index (χ1v) is 8.82. The molecular weight excluding hydrogens is 335 g/mol. The summed E-state index contributed by atoms with van der Waals surface area (Å²) in [5.41, 5.74) is 2.09. The van der Waals surface area contributed by atoms with Gasteiger partial charge in [-0.15, -0.1) is 0 Å². The molecule has 0 bridgehead atoms. The highest BCUT2D eigenvalue weighted by atomic mass is 19.1. The van der Waals surface area contributed by atoms with Crippen LogP contribution in [-0.4, -0.2) is 17.4 Å². The standard InChI is InChI=1S/C20H17FN2O3/c21-13-6-4-7-14-16(13)20(9-1-2-10-20)11-23(14)18(24)12-5-3-8-15-17(12)22-19(25)26-15/h3-8H,1-2,9-11H2,(H,22,25). The maximum absolute atomic E-state index is 14.7. The van der Waals surface area contributed by atoms with E-state index in [1.807, 2.05) is 6.07 Å². The van der Waals surface area contributed by atoms with Crippen LogP contribution in [0.3, 0.4) is 0 Å². The number of aromatic amines is 1. The maximum Gasteiger partial charge on any atom is 0.417 e. The van der Waals surface area contributed by atoms with Crippen molar-refractivity contribution in [3.63, 3.8) is 0 Å². The quantitative estimate of drug-likeness (QED) is 0.726. The van der Waals surface area contributed by atoms with Gasteiger partial charge in [-0.3, -0.25) is 9.78 Å². The average Bonchev–Trinajstić information content (AvgIpc) is 3.32. The molecule has 26 heavy (non-hydrogen) atoms. The van der Waals surface area contributed by atoms with Gasteiger partial charge in [0.15, 0.2) is 5.58 Å². The summed E-state index contributed by atoms with van der Waals surface area (Å²) in [6.07, 6.45) is 3.86. The number of hydrogen-bond donors (Lipinski definition) is 1. The summed E-state index contributed by atoms with van der Waals surface area (Å²) in [7, 11) is 0. The van der Waals surface area contributed by atoms with Crippen LogP contribution < -0.4 is 10.7 Å². The fourth-order valence-corrected chi connectivity index (χ4v) is 4.67. The van der Waals surface area contributed by atoms with E-state index in [2.05, 4.69) is 4.98 Å². The second kappa shape index (κ2) is 5.30. The molecular formula is C20H17FN2O3. The zero-order valence-corrected chi connectivity index (χ0v) is 14.0. The molecule has 132 valence electrons. The lowest BCUT2D eigenvalue weighted by Gasteiger charge is -2.25. The molecule has 1 spiro atoms. The minimum atomic E-state index is -0.597. The number of fused-ring (bicyclic) bond motifs is 3. The zero-order chi connectivity index (χ0) is 17.9. The second-order valence-corrected chi connectivity index (χ2v) is 7.21. The van der Waals surface area contributed by atoms with Crippen LogP contribution in [0.4, 0.5) is 10.1 Å². The van der Waals surface area contributed by atoms with Crippen molar-refractivity contribution >= 4 is 22.7 Å². The van der Waals surface area contributed by atoms with Gasteiger partial charge >= 0.3 is 5.76 Å². The lowest BCUT2D eigenvalue weighted by Crippen LogP contribution is -2.35. The van der Waals surface area contributed by atoms with Gasteiger partial charge in [-0.1, -0.05) is 25.0 Å². The average molecular weight is 352 g/mol. The van der Waals surface area contributed by atoms with Crippen molar-refractivity contribution in [2.24, 2.45) is 0 Å². The Kier molecular flexibility index (Phi) is 3.13. The number of oxazole rings is 1. The number of benzene rings is 2. The van der Waals surface area contributed by atoms with E-state index in [0.29, 0.717) is 34.5 Å². The fraction of sp³-hybridized carbons (Fsp3) is 0.300. The number of H-pyrrole nitrogens is 1. The molecule has 0 unspecified atom stereocenters. The van der Waals surface area contributed by atoms with Crippen LogP contribution in [0.2, 0.25) is 0 Å². The van der Waals surface area contributed by atoms with E-state index in [-0.39, 0.29) is 17.1 Å². The van der Waals surface area contributed by atoms with E-state index in [0.717, 1.165) is 25.7 Å². The molecule has 0 atom stereocenters. The van der Waals surface area contributed by atoms with Crippen LogP contribution in [0, 0.1) is 5.82 Å². The number of hydrogen-bond acceptors (Lipinski definition) is 3. The number of amides is 1. The smallest absolute Gasteiger partial charge is 0.408 e. The molecule has 1 aromatic heterocycles. The monoisotopic (exact) mass is 352 g/mol. The van der Waals surface area contributed by atoms with Crippen molar-refractivity contribution in [2.45, 2.75) is 31.1 Å². The highest BCUT2D eigenvalue weighted by molar-refractivity contribution is 6.13. The number of para-hydroxylation sites is 1. The highest BCUT2D eigenvalue weighted by Gasteiger charge is 2.48. The summed E-state index contributed by atoms with van der Waals surface area (Å²) in [5.74, 6) is -1.08. The Morgan fingerprint density at radius 3 is 2.73 bits per heavy atom. The van der Waals surface area contributed by atoms with Crippen LogP contribution in [0.25, 0.3) is 11.1 Å². The van der Waals surface area contributed by atoms with Crippen LogP contribution in [-0.2, 0) is 5.41 Å². The largest absolute Gasteiger partial charge is 0.417 e. The van der Waals surface area contributed by atoms with E-state index in [1.54, 1.807) is 29.2 Å². The van der Waals surface area contributed by atoms with E-state index in [4.69, 9.17) is 4.42 Å². The molecule has 1 aliphatic carbocycles. The van der Waals surface area contributed by atoms with E-state index >= 15 is 0 Å². The fourth-order valence-electron chi connectivity index (χ4n) is 4.67. The molecule has 2 aliphatic rings. The van der Waals surface area contributed by atoms with Crippen molar-refractivity contribution in [1.29, 1.82) is 0 Å². The Bertz CT molecular complexity index is 1090. The maximum atomic E-state index is 14.7. The Balaban J connectivity index is 1.66. The van der Waals surface area contributed by atoms with Crippen molar-refractivity contribution in [3.05, 3.63) is 63.9 Å². The molecule has 1 aliphatic heterocycles. The molecule has 1 fully saturated rings. The summed E-state index contributed by atoms with van der Waals surface area (Å²) < 4.78 is 19.7. The molecule has 6 heteroatoms. The molecule has 3 aromatic rings.